The van der Waals surface area contributed by atoms with Gasteiger partial charge in [-0.05, 0) is 17.7 Å². The second-order valence-electron chi connectivity index (χ2n) is 6.00. The number of nitrogens with zero attached hydrogens (tertiary/aromatic N) is 2. The predicted molar refractivity (Wildman–Crippen MR) is 88.4 cm³/mol. The van der Waals surface area contributed by atoms with Crippen molar-refractivity contribution in [2.45, 2.75) is 18.8 Å². The molecule has 3 heteroatoms. The number of nitrogens with one attached hydrogen (secondary N) is 1. The van der Waals surface area contributed by atoms with Crippen LogP contribution in [0.3, 0.4) is 0 Å². The number of benzene rings is 1. The van der Waals surface area contributed by atoms with Gasteiger partial charge in [0.25, 0.3) is 0 Å². The van der Waals surface area contributed by atoms with Gasteiger partial charge in [0.2, 0.25) is 0 Å². The molecular formula is C19H17N3. The molecule has 22 heavy (non-hydrogen) atoms. The Hall–Kier alpha value is -2.68. The molecule has 0 saturated carbocycles. The van der Waals surface area contributed by atoms with Crippen LogP contribution in [-0.2, 0) is 11.8 Å². The number of rotatable bonds is 2. The zero-order valence-electron chi connectivity index (χ0n) is 12.5. The zero-order valence-corrected chi connectivity index (χ0v) is 12.5. The van der Waals surface area contributed by atoms with E-state index < -0.39 is 0 Å². The van der Waals surface area contributed by atoms with Crippen LogP contribution in [0.4, 0.5) is 0 Å². The van der Waals surface area contributed by atoms with Crippen LogP contribution in [-0.4, -0.2) is 15.2 Å². The molecule has 0 aliphatic heterocycles. The Morgan fingerprint density at radius 1 is 1.09 bits per heavy atom. The van der Waals surface area contributed by atoms with E-state index in [-0.39, 0.29) is 5.41 Å². The number of fused-ring (bicyclic) bond motifs is 1. The van der Waals surface area contributed by atoms with Gasteiger partial charge in [-0.15, -0.1) is 0 Å². The number of H-pyrrole nitrogens is 1. The van der Waals surface area contributed by atoms with Crippen LogP contribution in [0.15, 0.2) is 60.9 Å². The lowest BCUT2D eigenvalue weighted by Gasteiger charge is -2.29. The summed E-state index contributed by atoms with van der Waals surface area (Å²) in [6.07, 6.45) is 9.05. The summed E-state index contributed by atoms with van der Waals surface area (Å²) in [6.45, 7) is 2.27. The van der Waals surface area contributed by atoms with Crippen LogP contribution < -0.4 is 0 Å². The van der Waals surface area contributed by atoms with E-state index in [4.69, 9.17) is 0 Å². The van der Waals surface area contributed by atoms with Gasteiger partial charge in [0, 0.05) is 41.1 Å². The molecule has 0 fully saturated rings. The third-order valence-electron chi connectivity index (χ3n) is 4.41. The number of hydrogen-bond donors (Lipinski definition) is 1. The predicted octanol–water partition coefficient (Wildman–Crippen LogP) is 4.00. The molecule has 2 heterocycles. The minimum Gasteiger partial charge on any atom is -0.281 e. The minimum atomic E-state index is 0.00695. The van der Waals surface area contributed by atoms with Gasteiger partial charge >= 0.3 is 0 Å². The van der Waals surface area contributed by atoms with Crippen molar-refractivity contribution >= 4 is 6.08 Å². The van der Waals surface area contributed by atoms with Crippen LogP contribution in [0.1, 0.15) is 23.7 Å². The number of aromatic amines is 1. The number of pyridine rings is 1. The van der Waals surface area contributed by atoms with E-state index >= 15 is 0 Å². The molecule has 1 N–H and O–H groups in total. The Morgan fingerprint density at radius 3 is 2.73 bits per heavy atom. The zero-order chi connectivity index (χ0) is 15.0. The SMILES string of the molecule is CC1(c2ccccc2)C=Cc2c(-c3cccnc3)n[nH]c2C1. The number of aromatic nitrogens is 3. The van der Waals surface area contributed by atoms with Crippen LogP contribution in [0.2, 0.25) is 0 Å². The fraction of sp³-hybridized carbons (Fsp3) is 0.158. The van der Waals surface area contributed by atoms with E-state index in [0.29, 0.717) is 0 Å². The third-order valence-corrected chi connectivity index (χ3v) is 4.41. The normalized spacial score (nSPS) is 19.9. The van der Waals surface area contributed by atoms with Crippen molar-refractivity contribution in [1.29, 1.82) is 0 Å². The standard InChI is InChI=1S/C19H17N3/c1-19(15-7-3-2-4-8-15)10-9-16-17(12-19)21-22-18(16)14-6-5-11-20-13-14/h2-11,13H,12H2,1H3,(H,21,22). The first kappa shape index (κ1) is 13.0. The lowest BCUT2D eigenvalue weighted by atomic mass is 9.74. The Morgan fingerprint density at radius 2 is 1.95 bits per heavy atom. The van der Waals surface area contributed by atoms with Crippen molar-refractivity contribution in [3.63, 3.8) is 0 Å². The lowest BCUT2D eigenvalue weighted by Crippen LogP contribution is -2.25. The van der Waals surface area contributed by atoms with Crippen molar-refractivity contribution in [1.82, 2.24) is 15.2 Å². The average Bonchev–Trinajstić information content (AvgIpc) is 2.99. The number of allylic oxidation sites excluding steroid dienone is 1. The summed E-state index contributed by atoms with van der Waals surface area (Å²) in [6, 6.07) is 14.6. The smallest absolute Gasteiger partial charge is 0.101 e. The van der Waals surface area contributed by atoms with Gasteiger partial charge in [0.15, 0.2) is 0 Å². The highest BCUT2D eigenvalue weighted by Crippen LogP contribution is 2.37. The summed E-state index contributed by atoms with van der Waals surface area (Å²) >= 11 is 0. The first-order chi connectivity index (χ1) is 10.8. The fourth-order valence-corrected chi connectivity index (χ4v) is 3.13. The van der Waals surface area contributed by atoms with E-state index in [2.05, 4.69) is 64.6 Å². The Bertz CT molecular complexity index is 818. The maximum Gasteiger partial charge on any atom is 0.101 e. The summed E-state index contributed by atoms with van der Waals surface area (Å²) in [4.78, 5) is 4.19. The van der Waals surface area contributed by atoms with Crippen molar-refractivity contribution in [2.24, 2.45) is 0 Å². The molecule has 0 radical (unpaired) electrons. The molecule has 3 aromatic rings. The molecule has 1 aromatic carbocycles. The first-order valence-corrected chi connectivity index (χ1v) is 7.49. The highest BCUT2D eigenvalue weighted by molar-refractivity contribution is 5.75. The summed E-state index contributed by atoms with van der Waals surface area (Å²) in [5.41, 5.74) is 5.73. The van der Waals surface area contributed by atoms with Gasteiger partial charge in [-0.2, -0.15) is 5.10 Å². The maximum atomic E-state index is 4.51. The van der Waals surface area contributed by atoms with E-state index in [0.717, 1.165) is 17.7 Å². The molecule has 0 amide bonds. The molecule has 1 aliphatic carbocycles. The van der Waals surface area contributed by atoms with E-state index in [1.165, 1.54) is 16.8 Å². The Kier molecular flexibility index (Phi) is 2.93. The number of hydrogen-bond acceptors (Lipinski definition) is 2. The van der Waals surface area contributed by atoms with Gasteiger partial charge in [-0.3, -0.25) is 10.1 Å². The molecule has 1 unspecified atom stereocenters. The molecule has 0 spiro atoms. The van der Waals surface area contributed by atoms with Gasteiger partial charge in [0.05, 0.1) is 0 Å². The minimum absolute atomic E-state index is 0.00695. The second-order valence-corrected chi connectivity index (χ2v) is 6.00. The van der Waals surface area contributed by atoms with Crippen LogP contribution in [0.25, 0.3) is 17.3 Å². The first-order valence-electron chi connectivity index (χ1n) is 7.49. The summed E-state index contributed by atoms with van der Waals surface area (Å²) in [5, 5.41) is 7.73. The maximum absolute atomic E-state index is 4.51. The monoisotopic (exact) mass is 287 g/mol. The topological polar surface area (TPSA) is 41.6 Å². The summed E-state index contributed by atoms with van der Waals surface area (Å²) < 4.78 is 0. The molecule has 3 nitrogen and oxygen atoms in total. The van der Waals surface area contributed by atoms with Crippen molar-refractivity contribution < 1.29 is 0 Å². The largest absolute Gasteiger partial charge is 0.281 e. The summed E-state index contributed by atoms with van der Waals surface area (Å²) in [5.74, 6) is 0. The highest BCUT2D eigenvalue weighted by Gasteiger charge is 2.30. The lowest BCUT2D eigenvalue weighted by molar-refractivity contribution is 0.577. The molecule has 0 bridgehead atoms. The van der Waals surface area contributed by atoms with Crippen LogP contribution in [0, 0.1) is 0 Å². The fourth-order valence-electron chi connectivity index (χ4n) is 3.13. The van der Waals surface area contributed by atoms with Gasteiger partial charge in [-0.25, -0.2) is 0 Å². The Labute approximate surface area is 129 Å². The van der Waals surface area contributed by atoms with Gasteiger partial charge < -0.3 is 0 Å². The molecule has 1 aliphatic rings. The average molecular weight is 287 g/mol. The van der Waals surface area contributed by atoms with Crippen molar-refractivity contribution in [3.05, 3.63) is 77.8 Å². The molecule has 108 valence electrons. The van der Waals surface area contributed by atoms with E-state index in [1.54, 1.807) is 6.20 Å². The molecule has 0 saturated heterocycles. The van der Waals surface area contributed by atoms with Crippen molar-refractivity contribution in [2.75, 3.05) is 0 Å². The van der Waals surface area contributed by atoms with Gasteiger partial charge in [-0.1, -0.05) is 49.4 Å². The molecular weight excluding hydrogens is 270 g/mol. The van der Waals surface area contributed by atoms with Crippen molar-refractivity contribution in [3.8, 4) is 11.3 Å². The summed E-state index contributed by atoms with van der Waals surface area (Å²) in [7, 11) is 0. The Balaban J connectivity index is 1.75. The van der Waals surface area contributed by atoms with Gasteiger partial charge in [0.1, 0.15) is 5.69 Å². The second kappa shape index (κ2) is 4.95. The molecule has 1 atom stereocenters. The van der Waals surface area contributed by atoms with E-state index in [9.17, 15) is 0 Å². The quantitative estimate of drug-likeness (QED) is 0.774. The van der Waals surface area contributed by atoms with E-state index in [1.807, 2.05) is 18.3 Å². The van der Waals surface area contributed by atoms with Crippen LogP contribution >= 0.6 is 0 Å². The molecule has 4 rings (SSSR count). The van der Waals surface area contributed by atoms with Crippen LogP contribution in [0.5, 0.6) is 0 Å². The third kappa shape index (κ3) is 2.06. The molecule has 2 aromatic heterocycles. The highest BCUT2D eigenvalue weighted by atomic mass is 15.1.